The van der Waals surface area contributed by atoms with Crippen molar-refractivity contribution in [3.8, 4) is 0 Å². The summed E-state index contributed by atoms with van der Waals surface area (Å²) in [5.41, 5.74) is 2.66. The molecule has 0 aliphatic heterocycles. The van der Waals surface area contributed by atoms with E-state index < -0.39 is 12.2 Å². The first-order valence-electron chi connectivity index (χ1n) is 6.24. The van der Waals surface area contributed by atoms with E-state index >= 15 is 0 Å². The van der Waals surface area contributed by atoms with Gasteiger partial charge in [-0.25, -0.2) is 0 Å². The van der Waals surface area contributed by atoms with Gasteiger partial charge in [0.05, 0.1) is 0 Å². The first kappa shape index (κ1) is 13.4. The molecule has 4 heteroatoms. The van der Waals surface area contributed by atoms with Gasteiger partial charge >= 0.3 is 6.18 Å². The first-order chi connectivity index (χ1) is 8.39. The first-order valence-corrected chi connectivity index (χ1v) is 6.24. The topological polar surface area (TPSA) is 3.24 Å². The van der Waals surface area contributed by atoms with E-state index in [2.05, 4.69) is 0 Å². The van der Waals surface area contributed by atoms with Crippen LogP contribution in [0.5, 0.6) is 0 Å². The van der Waals surface area contributed by atoms with E-state index in [1.807, 2.05) is 6.07 Å². The number of hydrogen-bond acceptors (Lipinski definition) is 1. The number of alkyl halides is 3. The summed E-state index contributed by atoms with van der Waals surface area (Å²) in [5.74, 6) is 0. The second kappa shape index (κ2) is 4.92. The zero-order valence-corrected chi connectivity index (χ0v) is 10.7. The second-order valence-corrected chi connectivity index (χ2v) is 5.14. The summed E-state index contributed by atoms with van der Waals surface area (Å²) in [6.07, 6.45) is -0.111. The molecule has 1 aliphatic rings. The van der Waals surface area contributed by atoms with Gasteiger partial charge in [0, 0.05) is 0 Å². The molecule has 18 heavy (non-hydrogen) atoms. The molecule has 0 saturated carbocycles. The summed E-state index contributed by atoms with van der Waals surface area (Å²) in [4.78, 5) is 1.23. The van der Waals surface area contributed by atoms with Crippen LogP contribution in [0, 0.1) is 0 Å². The van der Waals surface area contributed by atoms with E-state index in [-0.39, 0.29) is 0 Å². The van der Waals surface area contributed by atoms with Crippen molar-refractivity contribution in [1.82, 2.24) is 4.90 Å². The lowest BCUT2D eigenvalue weighted by Crippen LogP contribution is -2.33. The van der Waals surface area contributed by atoms with Crippen molar-refractivity contribution in [2.45, 2.75) is 37.9 Å². The Labute approximate surface area is 106 Å². The number of halogens is 3. The van der Waals surface area contributed by atoms with Gasteiger partial charge in [0.1, 0.15) is 6.04 Å². The maximum absolute atomic E-state index is 13.0. The van der Waals surface area contributed by atoms with Crippen LogP contribution >= 0.6 is 0 Å². The Bertz CT molecular complexity index is 424. The fourth-order valence-electron chi connectivity index (χ4n) is 2.70. The van der Waals surface area contributed by atoms with E-state index in [1.165, 1.54) is 24.6 Å². The molecule has 1 atom stereocenters. The molecule has 0 spiro atoms. The molecule has 0 aromatic heterocycles. The Kier molecular flexibility index (Phi) is 3.66. The van der Waals surface area contributed by atoms with Crippen LogP contribution in [0.2, 0.25) is 0 Å². The van der Waals surface area contributed by atoms with E-state index in [9.17, 15) is 13.2 Å². The van der Waals surface area contributed by atoms with Crippen molar-refractivity contribution in [2.75, 3.05) is 14.1 Å². The van der Waals surface area contributed by atoms with E-state index in [0.29, 0.717) is 5.56 Å². The van der Waals surface area contributed by atoms with Crippen molar-refractivity contribution >= 4 is 0 Å². The minimum Gasteiger partial charge on any atom is -0.295 e. The molecule has 1 aliphatic carbocycles. The summed E-state index contributed by atoms with van der Waals surface area (Å²) in [6.45, 7) is 0. The normalized spacial score (nSPS) is 17.7. The Morgan fingerprint density at radius 1 is 1.06 bits per heavy atom. The van der Waals surface area contributed by atoms with Crippen LogP contribution in [0.1, 0.15) is 35.6 Å². The van der Waals surface area contributed by atoms with Crippen LogP contribution < -0.4 is 0 Å². The SMILES string of the molecule is CN(C)C(c1ccc2c(c1)CCCC2)C(F)(F)F. The molecule has 0 fully saturated rings. The zero-order chi connectivity index (χ0) is 13.3. The fraction of sp³-hybridized carbons (Fsp3) is 0.571. The van der Waals surface area contributed by atoms with Crippen LogP contribution in [-0.4, -0.2) is 25.2 Å². The fourth-order valence-corrected chi connectivity index (χ4v) is 2.70. The van der Waals surface area contributed by atoms with Gasteiger partial charge in [-0.1, -0.05) is 18.2 Å². The Morgan fingerprint density at radius 2 is 1.67 bits per heavy atom. The van der Waals surface area contributed by atoms with Gasteiger partial charge < -0.3 is 0 Å². The third-order valence-electron chi connectivity index (χ3n) is 3.51. The predicted molar refractivity (Wildman–Crippen MR) is 65.6 cm³/mol. The number of rotatable bonds is 2. The number of hydrogen-bond donors (Lipinski definition) is 0. The Balaban J connectivity index is 2.37. The van der Waals surface area contributed by atoms with E-state index in [4.69, 9.17) is 0 Å². The van der Waals surface area contributed by atoms with Crippen molar-refractivity contribution in [3.05, 3.63) is 34.9 Å². The molecule has 1 aromatic carbocycles. The summed E-state index contributed by atoms with van der Waals surface area (Å²) >= 11 is 0. The number of aryl methyl sites for hydroxylation is 2. The maximum Gasteiger partial charge on any atom is 0.408 e. The maximum atomic E-state index is 13.0. The van der Waals surface area contributed by atoms with Crippen LogP contribution in [0.4, 0.5) is 13.2 Å². The molecule has 0 amide bonds. The van der Waals surface area contributed by atoms with E-state index in [1.54, 1.807) is 12.1 Å². The van der Waals surface area contributed by atoms with Gasteiger partial charge in [-0.15, -0.1) is 0 Å². The lowest BCUT2D eigenvalue weighted by Gasteiger charge is -2.28. The summed E-state index contributed by atoms with van der Waals surface area (Å²) in [6, 6.07) is 3.73. The molecule has 1 nitrogen and oxygen atoms in total. The lowest BCUT2D eigenvalue weighted by atomic mass is 9.89. The summed E-state index contributed by atoms with van der Waals surface area (Å²) < 4.78 is 39.1. The zero-order valence-electron chi connectivity index (χ0n) is 10.7. The molecule has 1 aromatic rings. The molecule has 0 heterocycles. The Hall–Kier alpha value is -1.03. The third kappa shape index (κ3) is 2.69. The molecule has 0 saturated heterocycles. The third-order valence-corrected chi connectivity index (χ3v) is 3.51. The predicted octanol–water partition coefficient (Wildman–Crippen LogP) is 3.73. The molecular formula is C14H18F3N. The summed E-state index contributed by atoms with van der Waals surface area (Å²) in [5, 5.41) is 0. The second-order valence-electron chi connectivity index (χ2n) is 5.14. The van der Waals surface area contributed by atoms with Gasteiger partial charge in [-0.05, 0) is 56.5 Å². The highest BCUT2D eigenvalue weighted by atomic mass is 19.4. The van der Waals surface area contributed by atoms with Crippen molar-refractivity contribution in [3.63, 3.8) is 0 Å². The minimum atomic E-state index is -4.23. The van der Waals surface area contributed by atoms with Gasteiger partial charge in [0.15, 0.2) is 0 Å². The molecule has 1 unspecified atom stereocenters. The molecule has 2 rings (SSSR count). The summed E-state index contributed by atoms with van der Waals surface area (Å²) in [7, 11) is 2.94. The van der Waals surface area contributed by atoms with Crippen LogP contribution in [0.15, 0.2) is 18.2 Å². The number of fused-ring (bicyclic) bond motifs is 1. The van der Waals surface area contributed by atoms with Crippen molar-refractivity contribution in [1.29, 1.82) is 0 Å². The highest BCUT2D eigenvalue weighted by Gasteiger charge is 2.42. The molecular weight excluding hydrogens is 239 g/mol. The van der Waals surface area contributed by atoms with Crippen LogP contribution in [0.25, 0.3) is 0 Å². The van der Waals surface area contributed by atoms with Crippen molar-refractivity contribution in [2.24, 2.45) is 0 Å². The highest BCUT2D eigenvalue weighted by Crippen LogP contribution is 2.37. The quantitative estimate of drug-likeness (QED) is 0.780. The largest absolute Gasteiger partial charge is 0.408 e. The van der Waals surface area contributed by atoms with Crippen LogP contribution in [-0.2, 0) is 12.8 Å². The molecule has 0 N–H and O–H groups in total. The van der Waals surface area contributed by atoms with Crippen LogP contribution in [0.3, 0.4) is 0 Å². The molecule has 0 bridgehead atoms. The average molecular weight is 257 g/mol. The number of nitrogens with zero attached hydrogens (tertiary/aromatic N) is 1. The molecule has 0 radical (unpaired) electrons. The van der Waals surface area contributed by atoms with Gasteiger partial charge in [-0.2, -0.15) is 13.2 Å². The standard InChI is InChI=1S/C14H18F3N/c1-18(2)13(14(15,16)17)12-8-7-10-5-3-4-6-11(10)9-12/h7-9,13H,3-6H2,1-2H3. The minimum absolute atomic E-state index is 0.355. The lowest BCUT2D eigenvalue weighted by molar-refractivity contribution is -0.179. The monoisotopic (exact) mass is 257 g/mol. The van der Waals surface area contributed by atoms with Gasteiger partial charge in [0.2, 0.25) is 0 Å². The smallest absolute Gasteiger partial charge is 0.295 e. The van der Waals surface area contributed by atoms with E-state index in [0.717, 1.165) is 31.2 Å². The van der Waals surface area contributed by atoms with Gasteiger partial charge in [0.25, 0.3) is 0 Å². The Morgan fingerprint density at radius 3 is 2.22 bits per heavy atom. The van der Waals surface area contributed by atoms with Gasteiger partial charge in [-0.3, -0.25) is 4.90 Å². The van der Waals surface area contributed by atoms with Crippen molar-refractivity contribution < 1.29 is 13.2 Å². The average Bonchev–Trinajstić information content (AvgIpc) is 2.26. The molecule has 100 valence electrons. The number of benzene rings is 1. The highest BCUT2D eigenvalue weighted by molar-refractivity contribution is 5.35.